The minimum atomic E-state index is -3.34. The average molecular weight is 557 g/mol. The summed E-state index contributed by atoms with van der Waals surface area (Å²) in [5, 5.41) is 0. The van der Waals surface area contributed by atoms with E-state index in [1.54, 1.807) is 24.3 Å². The van der Waals surface area contributed by atoms with E-state index in [9.17, 15) is 18.0 Å². The summed E-state index contributed by atoms with van der Waals surface area (Å²) in [5.74, 6) is 1.43. The highest BCUT2D eigenvalue weighted by molar-refractivity contribution is 7.91. The lowest BCUT2D eigenvalue weighted by atomic mass is 9.46. The number of carbonyl (C=O) groups excluding carboxylic acids is 2. The van der Waals surface area contributed by atoms with E-state index in [0.29, 0.717) is 41.4 Å². The molecule has 6 nitrogen and oxygen atoms in total. The van der Waals surface area contributed by atoms with Crippen LogP contribution in [0.25, 0.3) is 0 Å². The quantitative estimate of drug-likeness (QED) is 0.309. The smallest absolute Gasteiger partial charge is 0.302 e. The van der Waals surface area contributed by atoms with Crippen LogP contribution in [0.5, 0.6) is 0 Å². The van der Waals surface area contributed by atoms with E-state index in [-0.39, 0.29) is 46.6 Å². The van der Waals surface area contributed by atoms with Crippen LogP contribution < -0.4 is 0 Å². The van der Waals surface area contributed by atoms with Gasteiger partial charge in [-0.2, -0.15) is 0 Å². The second-order valence-corrected chi connectivity index (χ2v) is 15.2. The molecule has 0 aliphatic heterocycles. The fourth-order valence-electron chi connectivity index (χ4n) is 9.52. The number of allylic oxidation sites excluding steroid dienone is 1. The fourth-order valence-corrected chi connectivity index (χ4v) is 11.2. The molecule has 0 N–H and O–H groups in total. The maximum Gasteiger partial charge on any atom is 0.302 e. The Morgan fingerprint density at radius 3 is 2.36 bits per heavy atom. The number of fused-ring (bicyclic) bond motifs is 5. The van der Waals surface area contributed by atoms with Crippen molar-refractivity contribution in [2.75, 3.05) is 5.75 Å². The number of sulfone groups is 1. The summed E-state index contributed by atoms with van der Waals surface area (Å²) in [6.45, 7) is 9.73. The summed E-state index contributed by atoms with van der Waals surface area (Å²) in [6.07, 6.45) is 8.28. The van der Waals surface area contributed by atoms with Gasteiger partial charge in [-0.1, -0.05) is 50.6 Å². The van der Waals surface area contributed by atoms with Crippen molar-refractivity contribution in [2.45, 2.75) is 96.7 Å². The highest BCUT2D eigenvalue weighted by atomic mass is 32.2. The maximum absolute atomic E-state index is 13.2. The number of ether oxygens (including phenoxy) is 2. The number of rotatable bonds is 6. The molecule has 3 saturated carbocycles. The van der Waals surface area contributed by atoms with Gasteiger partial charge in [-0.05, 0) is 79.2 Å². The van der Waals surface area contributed by atoms with Crippen molar-refractivity contribution in [3.63, 3.8) is 0 Å². The normalized spacial score (nSPS) is 38.4. The van der Waals surface area contributed by atoms with Crippen LogP contribution in [0.4, 0.5) is 0 Å². The molecule has 2 unspecified atom stereocenters. The predicted molar refractivity (Wildman–Crippen MR) is 149 cm³/mol. The molecule has 0 amide bonds. The monoisotopic (exact) mass is 556 g/mol. The number of benzene rings is 1. The first-order chi connectivity index (χ1) is 18.4. The van der Waals surface area contributed by atoms with E-state index in [1.807, 2.05) is 6.07 Å². The molecule has 7 heteroatoms. The van der Waals surface area contributed by atoms with Crippen molar-refractivity contribution in [3.05, 3.63) is 42.0 Å². The molecule has 4 aliphatic carbocycles. The van der Waals surface area contributed by atoms with E-state index in [2.05, 4.69) is 26.8 Å². The second kappa shape index (κ2) is 10.4. The Morgan fingerprint density at radius 2 is 1.69 bits per heavy atom. The lowest BCUT2D eigenvalue weighted by Gasteiger charge is -2.60. The van der Waals surface area contributed by atoms with E-state index in [1.165, 1.54) is 19.4 Å². The molecule has 3 fully saturated rings. The zero-order chi connectivity index (χ0) is 28.2. The van der Waals surface area contributed by atoms with Crippen LogP contribution in [-0.4, -0.2) is 38.3 Å². The molecule has 0 saturated heterocycles. The maximum atomic E-state index is 13.2. The van der Waals surface area contributed by atoms with E-state index < -0.39 is 9.84 Å². The molecule has 5 rings (SSSR count). The molecule has 1 aromatic rings. The minimum Gasteiger partial charge on any atom is -0.462 e. The van der Waals surface area contributed by atoms with Crippen molar-refractivity contribution >= 4 is 21.8 Å². The molecule has 4 aliphatic rings. The SMILES string of the molecule is CC(=O)OC1CC2=CC[C@H]3[C@@H]4CC[C@H]([C@H](C)CS(=O)(=O)c5ccccc5)[C@@]4(C)CC[C@@H]3[C@@]2(C)C(OC(C)=O)C1. The molecule has 9 atom stereocenters. The largest absolute Gasteiger partial charge is 0.462 e. The standard InChI is InChI=1S/C32H44O6S/c1-20(19-39(35,36)25-9-7-6-8-10-25)27-13-14-28-26-12-11-23-17-24(37-21(2)33)18-30(38-22(3)34)32(23,5)29(26)15-16-31(27,28)4/h6-11,20,24,26-30H,12-19H2,1-5H3/t20-,24?,26+,27-,28+,29+,30?,31-,32+/m1/s1. The Morgan fingerprint density at radius 1 is 1.00 bits per heavy atom. The van der Waals surface area contributed by atoms with Gasteiger partial charge in [0.05, 0.1) is 10.6 Å². The first kappa shape index (κ1) is 28.4. The average Bonchev–Trinajstić information content (AvgIpc) is 3.22. The first-order valence-corrected chi connectivity index (χ1v) is 16.3. The van der Waals surface area contributed by atoms with Gasteiger partial charge in [-0.15, -0.1) is 0 Å². The van der Waals surface area contributed by atoms with Crippen LogP contribution in [0, 0.1) is 40.4 Å². The van der Waals surface area contributed by atoms with Crippen molar-refractivity contribution in [1.82, 2.24) is 0 Å². The number of hydrogen-bond donors (Lipinski definition) is 0. The molecule has 0 radical (unpaired) electrons. The number of esters is 2. The van der Waals surface area contributed by atoms with Gasteiger partial charge in [0.25, 0.3) is 0 Å². The topological polar surface area (TPSA) is 86.7 Å². The van der Waals surface area contributed by atoms with Crippen LogP contribution in [-0.2, 0) is 28.9 Å². The number of hydrogen-bond acceptors (Lipinski definition) is 6. The molecular formula is C32H44O6S. The molecule has 0 spiro atoms. The first-order valence-electron chi connectivity index (χ1n) is 14.7. The summed E-state index contributed by atoms with van der Waals surface area (Å²) < 4.78 is 38.0. The van der Waals surface area contributed by atoms with Crippen molar-refractivity contribution in [1.29, 1.82) is 0 Å². The molecule has 0 aromatic heterocycles. The zero-order valence-electron chi connectivity index (χ0n) is 24.0. The van der Waals surface area contributed by atoms with Crippen molar-refractivity contribution in [2.24, 2.45) is 40.4 Å². The Balaban J connectivity index is 1.39. The van der Waals surface area contributed by atoms with Gasteiger partial charge in [-0.3, -0.25) is 9.59 Å². The molecule has 0 bridgehead atoms. The van der Waals surface area contributed by atoms with Crippen LogP contribution >= 0.6 is 0 Å². The van der Waals surface area contributed by atoms with Gasteiger partial charge in [0.15, 0.2) is 9.84 Å². The van der Waals surface area contributed by atoms with Crippen LogP contribution in [0.2, 0.25) is 0 Å². The predicted octanol–water partition coefficient (Wildman–Crippen LogP) is 6.15. The van der Waals surface area contributed by atoms with Crippen molar-refractivity contribution in [3.8, 4) is 0 Å². The molecule has 39 heavy (non-hydrogen) atoms. The summed E-state index contributed by atoms with van der Waals surface area (Å²) in [4.78, 5) is 24.3. The number of carbonyl (C=O) groups is 2. The molecule has 214 valence electrons. The third kappa shape index (κ3) is 4.98. The third-order valence-electron chi connectivity index (χ3n) is 11.1. The van der Waals surface area contributed by atoms with Crippen LogP contribution in [0.3, 0.4) is 0 Å². The van der Waals surface area contributed by atoms with E-state index >= 15 is 0 Å². The van der Waals surface area contributed by atoms with Crippen LogP contribution in [0.15, 0.2) is 46.9 Å². The Bertz CT molecular complexity index is 1240. The fraction of sp³-hybridized carbons (Fsp3) is 0.688. The van der Waals surface area contributed by atoms with E-state index in [4.69, 9.17) is 9.47 Å². The van der Waals surface area contributed by atoms with Gasteiger partial charge in [-0.25, -0.2) is 8.42 Å². The Hall–Kier alpha value is -2.15. The van der Waals surface area contributed by atoms with Crippen LogP contribution in [0.1, 0.15) is 79.6 Å². The summed E-state index contributed by atoms with van der Waals surface area (Å²) in [5.41, 5.74) is 1.10. The summed E-state index contributed by atoms with van der Waals surface area (Å²) in [6, 6.07) is 8.84. The summed E-state index contributed by atoms with van der Waals surface area (Å²) in [7, 11) is -3.34. The third-order valence-corrected chi connectivity index (χ3v) is 13.1. The van der Waals surface area contributed by atoms with Crippen molar-refractivity contribution < 1.29 is 27.5 Å². The minimum absolute atomic E-state index is 0.0833. The van der Waals surface area contributed by atoms with Gasteiger partial charge in [0.2, 0.25) is 0 Å². The second-order valence-electron chi connectivity index (χ2n) is 13.2. The highest BCUT2D eigenvalue weighted by Gasteiger charge is 2.62. The molecule has 0 heterocycles. The zero-order valence-corrected chi connectivity index (χ0v) is 24.8. The Kier molecular flexibility index (Phi) is 7.53. The van der Waals surface area contributed by atoms with Gasteiger partial charge >= 0.3 is 11.9 Å². The van der Waals surface area contributed by atoms with Gasteiger partial charge in [0.1, 0.15) is 12.2 Å². The Labute approximate surface area is 233 Å². The van der Waals surface area contributed by atoms with E-state index in [0.717, 1.165) is 32.1 Å². The molecule has 1 aromatic carbocycles. The highest BCUT2D eigenvalue weighted by Crippen LogP contribution is 2.67. The lowest BCUT2D eigenvalue weighted by molar-refractivity contribution is -0.172. The summed E-state index contributed by atoms with van der Waals surface area (Å²) >= 11 is 0. The van der Waals surface area contributed by atoms with Gasteiger partial charge < -0.3 is 9.47 Å². The molecular weight excluding hydrogens is 512 g/mol. The lowest BCUT2D eigenvalue weighted by Crippen LogP contribution is -2.57. The van der Waals surface area contributed by atoms with Gasteiger partial charge in [0, 0.05) is 32.1 Å².